The number of fused-ring (bicyclic) bond motifs is 1. The predicted molar refractivity (Wildman–Crippen MR) is 105 cm³/mol. The number of nitrogens with zero attached hydrogens (tertiary/aromatic N) is 1. The first-order valence-electron chi connectivity index (χ1n) is 7.90. The molecule has 0 bridgehead atoms. The lowest BCUT2D eigenvalue weighted by molar-refractivity contribution is -0.141. The Morgan fingerprint density at radius 2 is 2.00 bits per heavy atom. The van der Waals surface area contributed by atoms with Crippen LogP contribution in [0.4, 0.5) is 0 Å². The zero-order valence-electron chi connectivity index (χ0n) is 13.7. The summed E-state index contributed by atoms with van der Waals surface area (Å²) in [5.41, 5.74) is 0.994. The molecule has 1 heterocycles. The molecule has 1 aliphatic heterocycles. The number of carbonyl (C=O) groups excluding carboxylic acids is 2. The third kappa shape index (κ3) is 3.91. The average Bonchev–Trinajstić information content (AvgIpc) is 2.89. The maximum atomic E-state index is 12.6. The SMILES string of the molecule is COC(=O)CCCN1C(=O)/C(=C/c2cccc3ccccc23)SC1=S. The number of thiocarbonyl (C=S) groups is 1. The number of esters is 1. The van der Waals surface area contributed by atoms with Crippen LogP contribution in [-0.2, 0) is 14.3 Å². The number of methoxy groups -OCH3 is 1. The molecule has 1 aliphatic rings. The summed E-state index contributed by atoms with van der Waals surface area (Å²) in [5.74, 6) is -0.385. The Morgan fingerprint density at radius 3 is 2.80 bits per heavy atom. The second-order valence-corrected chi connectivity index (χ2v) is 7.26. The predicted octanol–water partition coefficient (Wildman–Crippen LogP) is 3.99. The van der Waals surface area contributed by atoms with E-state index in [2.05, 4.69) is 4.74 Å². The van der Waals surface area contributed by atoms with Crippen LogP contribution in [0, 0.1) is 0 Å². The molecule has 0 N–H and O–H groups in total. The van der Waals surface area contributed by atoms with Crippen LogP contribution in [0.1, 0.15) is 18.4 Å². The lowest BCUT2D eigenvalue weighted by Crippen LogP contribution is -2.29. The summed E-state index contributed by atoms with van der Waals surface area (Å²) in [4.78, 5) is 26.0. The minimum absolute atomic E-state index is 0.104. The maximum Gasteiger partial charge on any atom is 0.305 e. The topological polar surface area (TPSA) is 46.6 Å². The molecule has 128 valence electrons. The first-order chi connectivity index (χ1) is 12.1. The number of hydrogen-bond donors (Lipinski definition) is 0. The Bertz CT molecular complexity index is 871. The van der Waals surface area contributed by atoms with Gasteiger partial charge in [-0.3, -0.25) is 14.5 Å². The molecule has 3 rings (SSSR count). The lowest BCUT2D eigenvalue weighted by atomic mass is 10.0. The van der Waals surface area contributed by atoms with Gasteiger partial charge in [0.05, 0.1) is 12.0 Å². The Labute approximate surface area is 155 Å². The van der Waals surface area contributed by atoms with Gasteiger partial charge in [0.25, 0.3) is 5.91 Å². The summed E-state index contributed by atoms with van der Waals surface area (Å²) in [5, 5.41) is 2.23. The molecule has 25 heavy (non-hydrogen) atoms. The molecule has 0 aromatic heterocycles. The van der Waals surface area contributed by atoms with Gasteiger partial charge in [-0.2, -0.15) is 0 Å². The van der Waals surface area contributed by atoms with E-state index in [0.717, 1.165) is 16.3 Å². The molecular formula is C19H17NO3S2. The molecule has 0 aliphatic carbocycles. The quantitative estimate of drug-likeness (QED) is 0.452. The van der Waals surface area contributed by atoms with Crippen molar-refractivity contribution in [1.82, 2.24) is 4.90 Å². The minimum atomic E-state index is -0.281. The van der Waals surface area contributed by atoms with Gasteiger partial charge in [0.2, 0.25) is 0 Å². The van der Waals surface area contributed by atoms with Gasteiger partial charge in [0.15, 0.2) is 0 Å². The molecule has 0 atom stereocenters. The van der Waals surface area contributed by atoms with Gasteiger partial charge in [-0.25, -0.2) is 0 Å². The smallest absolute Gasteiger partial charge is 0.305 e. The highest BCUT2D eigenvalue weighted by atomic mass is 32.2. The number of carbonyl (C=O) groups is 2. The van der Waals surface area contributed by atoms with E-state index in [1.807, 2.05) is 48.5 Å². The zero-order chi connectivity index (χ0) is 17.8. The summed E-state index contributed by atoms with van der Waals surface area (Å²) in [7, 11) is 1.36. The van der Waals surface area contributed by atoms with Crippen LogP contribution < -0.4 is 0 Å². The summed E-state index contributed by atoms with van der Waals surface area (Å²) < 4.78 is 5.15. The number of ether oxygens (including phenoxy) is 1. The van der Waals surface area contributed by atoms with Crippen molar-refractivity contribution in [2.24, 2.45) is 0 Å². The highest BCUT2D eigenvalue weighted by Crippen LogP contribution is 2.34. The molecule has 4 nitrogen and oxygen atoms in total. The molecule has 0 spiro atoms. The van der Waals surface area contributed by atoms with Gasteiger partial charge in [0, 0.05) is 13.0 Å². The van der Waals surface area contributed by atoms with E-state index in [-0.39, 0.29) is 18.3 Å². The van der Waals surface area contributed by atoms with Crippen molar-refractivity contribution in [3.05, 3.63) is 52.9 Å². The third-order valence-electron chi connectivity index (χ3n) is 3.97. The van der Waals surface area contributed by atoms with E-state index in [9.17, 15) is 9.59 Å². The first kappa shape index (κ1) is 17.6. The second kappa shape index (κ2) is 7.80. The minimum Gasteiger partial charge on any atom is -0.469 e. The Hall–Kier alpha value is -2.18. The fourth-order valence-corrected chi connectivity index (χ4v) is 3.99. The second-order valence-electron chi connectivity index (χ2n) is 5.58. The normalized spacial score (nSPS) is 16.0. The lowest BCUT2D eigenvalue weighted by Gasteiger charge is -2.13. The maximum absolute atomic E-state index is 12.6. The van der Waals surface area contributed by atoms with Crippen molar-refractivity contribution in [3.63, 3.8) is 0 Å². The van der Waals surface area contributed by atoms with Crippen molar-refractivity contribution >= 4 is 57.0 Å². The van der Waals surface area contributed by atoms with Crippen molar-refractivity contribution in [1.29, 1.82) is 0 Å². The van der Waals surface area contributed by atoms with Gasteiger partial charge >= 0.3 is 5.97 Å². The van der Waals surface area contributed by atoms with Crippen LogP contribution in [-0.4, -0.2) is 34.8 Å². The van der Waals surface area contributed by atoms with Gasteiger partial charge in [-0.05, 0) is 28.8 Å². The number of rotatable bonds is 5. The molecule has 0 saturated carbocycles. The molecule has 1 amide bonds. The fourth-order valence-electron chi connectivity index (χ4n) is 2.69. The van der Waals surface area contributed by atoms with E-state index in [4.69, 9.17) is 12.2 Å². The van der Waals surface area contributed by atoms with Gasteiger partial charge in [0.1, 0.15) is 4.32 Å². The van der Waals surface area contributed by atoms with Crippen LogP contribution in [0.5, 0.6) is 0 Å². The number of thioether (sulfide) groups is 1. The summed E-state index contributed by atoms with van der Waals surface area (Å²) >= 11 is 6.63. The van der Waals surface area contributed by atoms with Crippen LogP contribution in [0.2, 0.25) is 0 Å². The zero-order valence-corrected chi connectivity index (χ0v) is 15.4. The van der Waals surface area contributed by atoms with Crippen molar-refractivity contribution in [2.75, 3.05) is 13.7 Å². The standard InChI is InChI=1S/C19H17NO3S2/c1-23-17(21)10-5-11-20-18(22)16(25-19(20)24)12-14-8-4-7-13-6-2-3-9-15(13)14/h2-4,6-9,12H,5,10-11H2,1H3/b16-12-. The molecule has 1 fully saturated rings. The highest BCUT2D eigenvalue weighted by molar-refractivity contribution is 8.26. The van der Waals surface area contributed by atoms with Crippen LogP contribution in [0.3, 0.4) is 0 Å². The Morgan fingerprint density at radius 1 is 1.24 bits per heavy atom. The van der Waals surface area contributed by atoms with Gasteiger partial charge in [-0.1, -0.05) is 66.4 Å². The molecule has 6 heteroatoms. The Balaban J connectivity index is 1.79. The van der Waals surface area contributed by atoms with Crippen LogP contribution >= 0.6 is 24.0 Å². The molecule has 0 unspecified atom stereocenters. The summed E-state index contributed by atoms with van der Waals surface area (Å²) in [6, 6.07) is 14.1. The molecular weight excluding hydrogens is 354 g/mol. The van der Waals surface area contributed by atoms with Crippen molar-refractivity contribution in [3.8, 4) is 0 Å². The molecule has 1 saturated heterocycles. The van der Waals surface area contributed by atoms with E-state index in [1.54, 1.807) is 4.90 Å². The van der Waals surface area contributed by atoms with E-state index in [1.165, 1.54) is 18.9 Å². The van der Waals surface area contributed by atoms with Gasteiger partial charge in [-0.15, -0.1) is 0 Å². The molecule has 2 aromatic carbocycles. The number of benzene rings is 2. The van der Waals surface area contributed by atoms with Crippen LogP contribution in [0.25, 0.3) is 16.8 Å². The molecule has 0 radical (unpaired) electrons. The van der Waals surface area contributed by atoms with E-state index < -0.39 is 0 Å². The van der Waals surface area contributed by atoms with Crippen LogP contribution in [0.15, 0.2) is 47.4 Å². The molecule has 2 aromatic rings. The average molecular weight is 371 g/mol. The fraction of sp³-hybridized carbons (Fsp3) is 0.211. The highest BCUT2D eigenvalue weighted by Gasteiger charge is 2.31. The first-order valence-corrected chi connectivity index (χ1v) is 9.12. The number of amides is 1. The van der Waals surface area contributed by atoms with Gasteiger partial charge < -0.3 is 4.74 Å². The summed E-state index contributed by atoms with van der Waals surface area (Å²) in [6.07, 6.45) is 2.69. The monoisotopic (exact) mass is 371 g/mol. The van der Waals surface area contributed by atoms with E-state index in [0.29, 0.717) is 22.2 Å². The Kier molecular flexibility index (Phi) is 5.50. The third-order valence-corrected chi connectivity index (χ3v) is 5.35. The van der Waals surface area contributed by atoms with Crippen molar-refractivity contribution in [2.45, 2.75) is 12.8 Å². The largest absolute Gasteiger partial charge is 0.469 e. The van der Waals surface area contributed by atoms with Crippen molar-refractivity contribution < 1.29 is 14.3 Å². The van der Waals surface area contributed by atoms with E-state index >= 15 is 0 Å². The summed E-state index contributed by atoms with van der Waals surface area (Å²) in [6.45, 7) is 0.423. The number of hydrogen-bond acceptors (Lipinski definition) is 5.